The highest BCUT2D eigenvalue weighted by Gasteiger charge is 2.62. The fraction of sp³-hybridized carbons (Fsp3) is 0.935. The molecular weight excluding hydrogens is 499 g/mol. The first-order chi connectivity index (χ1) is 15.2. The third kappa shape index (κ3) is 4.53. The highest BCUT2D eigenvalue weighted by atomic mass is 127. The first-order valence-electron chi connectivity index (χ1n) is 14.6. The highest BCUT2D eigenvalue weighted by Crippen LogP contribution is 2.70. The maximum absolute atomic E-state index is 4.20. The lowest BCUT2D eigenvalue weighted by atomic mass is 9.41. The molecule has 4 saturated carbocycles. The van der Waals surface area contributed by atoms with Crippen LogP contribution in [0.25, 0.3) is 0 Å². The Kier molecular flexibility index (Phi) is 8.16. The van der Waals surface area contributed by atoms with Crippen LogP contribution in [-0.2, 0) is 0 Å². The van der Waals surface area contributed by atoms with Gasteiger partial charge in [-0.15, -0.1) is 0 Å². The number of halogens is 1. The summed E-state index contributed by atoms with van der Waals surface area (Å²) in [5, 5.41) is 0. The molecule has 10 unspecified atom stereocenters. The zero-order valence-corrected chi connectivity index (χ0v) is 24.5. The molecule has 4 aliphatic carbocycles. The Balaban J connectivity index is 1.57. The lowest BCUT2D eigenvalue weighted by Crippen LogP contribution is -3.33. The van der Waals surface area contributed by atoms with Crippen LogP contribution in [0.15, 0.2) is 10.2 Å². The topological polar surface area (TPSA) is 0 Å². The monoisotopic (exact) mass is 553 g/mol. The van der Waals surface area contributed by atoms with Gasteiger partial charge >= 0.3 is 0 Å². The quantitative estimate of drug-likeness (QED) is 0.310. The highest BCUT2D eigenvalue weighted by molar-refractivity contribution is 5.11. The van der Waals surface area contributed by atoms with E-state index in [4.69, 9.17) is 0 Å². The molecule has 32 heavy (non-hydrogen) atoms. The van der Waals surface area contributed by atoms with Crippen molar-refractivity contribution in [1.29, 1.82) is 0 Å². The van der Waals surface area contributed by atoms with E-state index >= 15 is 0 Å². The third-order valence-electron chi connectivity index (χ3n) is 11.9. The number of allylic oxidation sites excluding steroid dienone is 1. The largest absolute Gasteiger partial charge is 0.291 e. The van der Waals surface area contributed by atoms with E-state index in [1.54, 1.807) is 32.1 Å². The van der Waals surface area contributed by atoms with Crippen molar-refractivity contribution >= 4 is 0 Å². The first-order valence-corrected chi connectivity index (χ1v) is 15.8. The van der Waals surface area contributed by atoms with E-state index in [9.17, 15) is 0 Å². The van der Waals surface area contributed by atoms with Gasteiger partial charge in [0, 0.05) is 6.42 Å². The summed E-state index contributed by atoms with van der Waals surface area (Å²) in [5.74, 6) is 8.01. The smallest absolute Gasteiger partial charge is 0.0654 e. The summed E-state index contributed by atoms with van der Waals surface area (Å²) in [5.41, 5.74) is 1.27. The molecule has 0 nitrogen and oxygen atoms in total. The average molecular weight is 554 g/mol. The summed E-state index contributed by atoms with van der Waals surface area (Å²) >= 11 is 2.15. The molecule has 1 heteroatoms. The lowest BCUT2D eigenvalue weighted by Gasteiger charge is -2.64. The fourth-order valence-electron chi connectivity index (χ4n) is 10.4. The minimum atomic E-state index is 0.616. The van der Waals surface area contributed by atoms with Gasteiger partial charge in [-0.05, 0) is 123 Å². The summed E-state index contributed by atoms with van der Waals surface area (Å²) in [6, 6.07) is 0. The number of rotatable bonds is 8. The predicted octanol–water partition coefficient (Wildman–Crippen LogP) is 6.30. The van der Waals surface area contributed by atoms with Crippen molar-refractivity contribution in [3.63, 3.8) is 0 Å². The molecule has 0 aromatic carbocycles. The molecule has 0 heterocycles. The van der Waals surface area contributed by atoms with Crippen LogP contribution in [0.3, 0.4) is 0 Å². The number of hydrogen-bond acceptors (Lipinski definition) is 0. The molecule has 0 radical (unpaired) electrons. The van der Waals surface area contributed by atoms with Gasteiger partial charge in [0.1, 0.15) is 0 Å². The summed E-state index contributed by atoms with van der Waals surface area (Å²) in [7, 11) is 0. The molecule has 0 aliphatic heterocycles. The maximum atomic E-state index is 4.20. The molecule has 184 valence electrons. The van der Waals surface area contributed by atoms with Gasteiger partial charge in [-0.2, -0.15) is 0 Å². The van der Waals surface area contributed by atoms with Gasteiger partial charge in [0.25, 0.3) is 22.6 Å². The van der Waals surface area contributed by atoms with Crippen LogP contribution in [0.1, 0.15) is 125 Å². The maximum Gasteiger partial charge on any atom is 0.291 e. The van der Waals surface area contributed by atoms with Gasteiger partial charge in [-0.3, -0.25) is 0 Å². The van der Waals surface area contributed by atoms with Crippen LogP contribution in [0, 0.1) is 58.2 Å². The van der Waals surface area contributed by atoms with Gasteiger partial charge in [0.2, 0.25) is 0 Å². The molecule has 0 aromatic rings. The summed E-state index contributed by atoms with van der Waals surface area (Å²) < 4.78 is 1.39. The van der Waals surface area contributed by atoms with Crippen molar-refractivity contribution in [2.75, 3.05) is 0 Å². The molecule has 0 saturated heterocycles. The second-order valence-corrected chi connectivity index (χ2v) is 15.1. The summed E-state index contributed by atoms with van der Waals surface area (Å²) in [4.78, 5) is 0. The third-order valence-corrected chi connectivity index (χ3v) is 12.5. The SMILES string of the molecule is C=C([IH+])CCC(C)C1CCC2C3C(CCC)CC4CC(CCC)CCC4(C)C3CCC12C. The van der Waals surface area contributed by atoms with Crippen molar-refractivity contribution in [3.8, 4) is 0 Å². The average Bonchev–Trinajstić information content (AvgIpc) is 3.10. The van der Waals surface area contributed by atoms with Gasteiger partial charge in [0.05, 0.1) is 0 Å². The molecule has 0 aromatic heterocycles. The summed E-state index contributed by atoms with van der Waals surface area (Å²) in [6.45, 7) is 17.2. The zero-order valence-electron chi connectivity index (χ0n) is 22.1. The fourth-order valence-corrected chi connectivity index (χ4v) is 10.8. The van der Waals surface area contributed by atoms with Crippen molar-refractivity contribution in [2.45, 2.75) is 125 Å². The van der Waals surface area contributed by atoms with E-state index in [1.807, 2.05) is 0 Å². The van der Waals surface area contributed by atoms with Crippen LogP contribution < -0.4 is 22.6 Å². The molecule has 0 amide bonds. The molecule has 0 spiro atoms. The van der Waals surface area contributed by atoms with Crippen molar-refractivity contribution < 1.29 is 22.6 Å². The van der Waals surface area contributed by atoms with Crippen LogP contribution in [0.2, 0.25) is 0 Å². The Hall–Kier alpha value is 0.470. The first kappa shape index (κ1) is 25.6. The second-order valence-electron chi connectivity index (χ2n) is 13.5. The Morgan fingerprint density at radius 1 is 0.938 bits per heavy atom. The molecule has 4 rings (SSSR count). The lowest BCUT2D eigenvalue weighted by molar-refractivity contribution is -0.306. The standard InChI is InChI=1S/C31H54I/c1-7-9-23-15-17-30(5)25(19-23)20-24(10-8-2)29-27-14-13-26(21(3)11-12-22(4)32)31(27,6)18-16-28(29)30/h21,23-29,32H,4,7-20H2,1-3,5-6H3/q+1. The number of hydrogen-bond donors (Lipinski definition) is 0. The molecule has 10 atom stereocenters. The van der Waals surface area contributed by atoms with Gasteiger partial charge in [-0.25, -0.2) is 0 Å². The molecule has 4 aliphatic rings. The minimum Gasteiger partial charge on any atom is -0.0654 e. The van der Waals surface area contributed by atoms with E-state index in [-0.39, 0.29) is 0 Å². The molecule has 0 bridgehead atoms. The van der Waals surface area contributed by atoms with Crippen LogP contribution in [0.5, 0.6) is 0 Å². The van der Waals surface area contributed by atoms with Gasteiger partial charge in [0.15, 0.2) is 3.58 Å². The predicted molar refractivity (Wildman–Crippen MR) is 136 cm³/mol. The van der Waals surface area contributed by atoms with E-state index in [0.29, 0.717) is 10.8 Å². The van der Waals surface area contributed by atoms with Gasteiger partial charge in [-0.1, -0.05) is 60.3 Å². The van der Waals surface area contributed by atoms with Crippen molar-refractivity contribution in [2.24, 2.45) is 58.2 Å². The minimum absolute atomic E-state index is 0.616. The molecule has 0 N–H and O–H groups in total. The van der Waals surface area contributed by atoms with Crippen molar-refractivity contribution in [3.05, 3.63) is 10.2 Å². The van der Waals surface area contributed by atoms with Crippen LogP contribution in [-0.4, -0.2) is 0 Å². The Bertz CT molecular complexity index is 653. The van der Waals surface area contributed by atoms with E-state index < -0.39 is 0 Å². The molecule has 4 fully saturated rings. The molecular formula is C31H54I+. The van der Waals surface area contributed by atoms with E-state index in [2.05, 4.69) is 63.8 Å². The second kappa shape index (κ2) is 10.2. The van der Waals surface area contributed by atoms with Crippen LogP contribution >= 0.6 is 0 Å². The van der Waals surface area contributed by atoms with Gasteiger partial charge < -0.3 is 0 Å². The van der Waals surface area contributed by atoms with Crippen molar-refractivity contribution in [1.82, 2.24) is 0 Å². The Morgan fingerprint density at radius 3 is 2.31 bits per heavy atom. The number of fused-ring (bicyclic) bond motifs is 5. The van der Waals surface area contributed by atoms with E-state index in [0.717, 1.165) is 47.3 Å². The van der Waals surface area contributed by atoms with E-state index in [1.165, 1.54) is 61.4 Å². The Morgan fingerprint density at radius 2 is 1.62 bits per heavy atom. The Labute approximate surface area is 214 Å². The zero-order chi connectivity index (χ0) is 23.1. The van der Waals surface area contributed by atoms with Crippen LogP contribution in [0.4, 0.5) is 0 Å². The normalized spacial score (nSPS) is 46.8. The summed E-state index contributed by atoms with van der Waals surface area (Å²) in [6.07, 6.45) is 20.8.